The Balaban J connectivity index is 2.59. The summed E-state index contributed by atoms with van der Waals surface area (Å²) in [5.41, 5.74) is 1.93. The van der Waals surface area contributed by atoms with Gasteiger partial charge in [-0.15, -0.1) is 0 Å². The number of para-hydroxylation sites is 1. The molecule has 1 unspecified atom stereocenters. The number of ether oxygens (including phenoxy) is 1. The number of carbonyl (C=O) groups excluding carboxylic acids is 1. The molecular formula is C16H22N2O2. The summed E-state index contributed by atoms with van der Waals surface area (Å²) in [4.78, 5) is 12.0. The van der Waals surface area contributed by atoms with Gasteiger partial charge in [0.1, 0.15) is 6.04 Å². The van der Waals surface area contributed by atoms with Gasteiger partial charge in [-0.3, -0.25) is 4.79 Å². The lowest BCUT2D eigenvalue weighted by molar-refractivity contribution is -0.144. The molecule has 4 nitrogen and oxygen atoms in total. The maximum Gasteiger partial charge on any atom is 0.323 e. The topological polar surface area (TPSA) is 43.3 Å². The van der Waals surface area contributed by atoms with Crippen LogP contribution in [0.25, 0.3) is 10.9 Å². The Morgan fingerprint density at radius 3 is 2.60 bits per heavy atom. The molecule has 1 aromatic heterocycles. The molecule has 1 atom stereocenters. The summed E-state index contributed by atoms with van der Waals surface area (Å²) in [7, 11) is 5.23. The van der Waals surface area contributed by atoms with Crippen molar-refractivity contribution >= 4 is 16.9 Å². The third-order valence-corrected chi connectivity index (χ3v) is 4.04. The molecule has 2 aromatic rings. The van der Waals surface area contributed by atoms with Crippen molar-refractivity contribution in [1.29, 1.82) is 0 Å². The molecule has 0 spiro atoms. The second-order valence-corrected chi connectivity index (χ2v) is 5.64. The zero-order chi connectivity index (χ0) is 14.9. The Hall–Kier alpha value is -1.81. The molecule has 20 heavy (non-hydrogen) atoms. The van der Waals surface area contributed by atoms with Crippen molar-refractivity contribution in [3.05, 3.63) is 36.0 Å². The van der Waals surface area contributed by atoms with Gasteiger partial charge in [-0.2, -0.15) is 0 Å². The highest BCUT2D eigenvalue weighted by Crippen LogP contribution is 2.34. The van der Waals surface area contributed by atoms with Gasteiger partial charge in [-0.05, 0) is 18.7 Å². The highest BCUT2D eigenvalue weighted by Gasteiger charge is 2.38. The van der Waals surface area contributed by atoms with Gasteiger partial charge in [0.25, 0.3) is 0 Å². The molecule has 1 N–H and O–H groups in total. The molecule has 0 aliphatic rings. The third-order valence-electron chi connectivity index (χ3n) is 4.04. The number of fused-ring (bicyclic) bond motifs is 1. The summed E-state index contributed by atoms with van der Waals surface area (Å²) < 4.78 is 7.02. The van der Waals surface area contributed by atoms with Crippen LogP contribution in [-0.2, 0) is 22.0 Å². The zero-order valence-electron chi connectivity index (χ0n) is 12.7. The summed E-state index contributed by atoms with van der Waals surface area (Å²) in [6, 6.07) is 7.83. The van der Waals surface area contributed by atoms with Crippen LogP contribution in [0.15, 0.2) is 30.5 Å². The molecule has 0 amide bonds. The van der Waals surface area contributed by atoms with Gasteiger partial charge < -0.3 is 14.6 Å². The smallest absolute Gasteiger partial charge is 0.323 e. The lowest BCUT2D eigenvalue weighted by Crippen LogP contribution is -2.49. The van der Waals surface area contributed by atoms with Crippen molar-refractivity contribution < 1.29 is 9.53 Å². The van der Waals surface area contributed by atoms with Crippen LogP contribution < -0.4 is 5.32 Å². The number of nitrogens with one attached hydrogen (secondary N) is 1. The van der Waals surface area contributed by atoms with E-state index < -0.39 is 6.04 Å². The average molecular weight is 274 g/mol. The Labute approximate surface area is 119 Å². The standard InChI is InChI=1S/C16H22N2O2/c1-16(2,14(17-3)15(19)20-5)12-10-18(4)13-9-7-6-8-11(12)13/h6-10,14,17H,1-5H3. The number of esters is 1. The summed E-state index contributed by atoms with van der Waals surface area (Å²) in [5.74, 6) is -0.245. The van der Waals surface area contributed by atoms with E-state index in [0.29, 0.717) is 0 Å². The number of methoxy groups -OCH3 is 1. The number of carbonyl (C=O) groups is 1. The largest absolute Gasteiger partial charge is 0.468 e. The van der Waals surface area contributed by atoms with Gasteiger partial charge in [-0.1, -0.05) is 32.0 Å². The van der Waals surface area contributed by atoms with Crippen LogP contribution >= 0.6 is 0 Å². The molecule has 0 aliphatic carbocycles. The minimum absolute atomic E-state index is 0.245. The Morgan fingerprint density at radius 1 is 1.35 bits per heavy atom. The lowest BCUT2D eigenvalue weighted by Gasteiger charge is -2.32. The number of hydrogen-bond acceptors (Lipinski definition) is 3. The van der Waals surface area contributed by atoms with E-state index in [4.69, 9.17) is 4.74 Å². The average Bonchev–Trinajstić information content (AvgIpc) is 2.78. The number of hydrogen-bond donors (Lipinski definition) is 1. The van der Waals surface area contributed by atoms with E-state index in [1.54, 1.807) is 7.05 Å². The minimum atomic E-state index is -0.390. The second-order valence-electron chi connectivity index (χ2n) is 5.64. The van der Waals surface area contributed by atoms with Crippen LogP contribution in [0.2, 0.25) is 0 Å². The monoisotopic (exact) mass is 274 g/mol. The molecule has 0 aliphatic heterocycles. The maximum absolute atomic E-state index is 12.0. The van der Waals surface area contributed by atoms with Crippen molar-refractivity contribution in [3.8, 4) is 0 Å². The Kier molecular flexibility index (Phi) is 3.86. The van der Waals surface area contributed by atoms with Crippen molar-refractivity contribution in [2.75, 3.05) is 14.2 Å². The van der Waals surface area contributed by atoms with Crippen molar-refractivity contribution in [2.24, 2.45) is 7.05 Å². The zero-order valence-corrected chi connectivity index (χ0v) is 12.7. The summed E-state index contributed by atoms with van der Waals surface area (Å²) in [5, 5.41) is 4.25. The predicted octanol–water partition coefficient (Wildman–Crippen LogP) is 2.22. The molecule has 0 fully saturated rings. The maximum atomic E-state index is 12.0. The number of likely N-dealkylation sites (N-methyl/N-ethyl adjacent to an activating group) is 1. The quantitative estimate of drug-likeness (QED) is 0.869. The van der Waals surface area contributed by atoms with Gasteiger partial charge in [-0.25, -0.2) is 0 Å². The Bertz CT molecular complexity index is 628. The molecule has 1 heterocycles. The van der Waals surface area contributed by atoms with Gasteiger partial charge >= 0.3 is 5.97 Å². The van der Waals surface area contributed by atoms with Crippen LogP contribution in [0.1, 0.15) is 19.4 Å². The van der Waals surface area contributed by atoms with Crippen molar-refractivity contribution in [1.82, 2.24) is 9.88 Å². The van der Waals surface area contributed by atoms with E-state index in [2.05, 4.69) is 42.1 Å². The van der Waals surface area contributed by atoms with E-state index >= 15 is 0 Å². The van der Waals surface area contributed by atoms with Crippen molar-refractivity contribution in [3.63, 3.8) is 0 Å². The first-order valence-electron chi connectivity index (χ1n) is 6.73. The first-order chi connectivity index (χ1) is 9.43. The summed E-state index contributed by atoms with van der Waals surface area (Å²) in [6.07, 6.45) is 2.10. The van der Waals surface area contributed by atoms with Crippen LogP contribution in [-0.4, -0.2) is 30.7 Å². The molecule has 2 rings (SSSR count). The first kappa shape index (κ1) is 14.6. The lowest BCUT2D eigenvalue weighted by atomic mass is 9.77. The number of rotatable bonds is 4. The predicted molar refractivity (Wildman–Crippen MR) is 80.8 cm³/mol. The summed E-state index contributed by atoms with van der Waals surface area (Å²) in [6.45, 7) is 4.12. The van der Waals surface area contributed by atoms with Crippen molar-refractivity contribution in [2.45, 2.75) is 25.3 Å². The number of nitrogens with zero attached hydrogens (tertiary/aromatic N) is 1. The van der Waals surface area contributed by atoms with E-state index in [1.165, 1.54) is 12.5 Å². The van der Waals surface area contributed by atoms with Crippen LogP contribution in [0, 0.1) is 0 Å². The fourth-order valence-electron chi connectivity index (χ4n) is 2.90. The molecule has 0 bridgehead atoms. The van der Waals surface area contributed by atoms with Crippen LogP contribution in [0.4, 0.5) is 0 Å². The highest BCUT2D eigenvalue weighted by molar-refractivity contribution is 5.87. The van der Waals surface area contributed by atoms with Crippen LogP contribution in [0.3, 0.4) is 0 Å². The van der Waals surface area contributed by atoms with E-state index in [1.807, 2.05) is 19.2 Å². The molecular weight excluding hydrogens is 252 g/mol. The molecule has 0 radical (unpaired) electrons. The molecule has 0 saturated carbocycles. The molecule has 108 valence electrons. The number of benzene rings is 1. The summed E-state index contributed by atoms with van der Waals surface area (Å²) >= 11 is 0. The normalized spacial score (nSPS) is 13.4. The number of aromatic nitrogens is 1. The van der Waals surface area contributed by atoms with Gasteiger partial charge in [0.2, 0.25) is 0 Å². The van der Waals surface area contributed by atoms with Gasteiger partial charge in [0, 0.05) is 29.6 Å². The fourth-order valence-corrected chi connectivity index (χ4v) is 2.90. The SMILES string of the molecule is CNC(C(=O)OC)C(C)(C)c1cn(C)c2ccccc12. The Morgan fingerprint density at radius 2 is 2.00 bits per heavy atom. The van der Waals surface area contributed by atoms with E-state index in [0.717, 1.165) is 11.1 Å². The second kappa shape index (κ2) is 5.29. The van der Waals surface area contributed by atoms with Gasteiger partial charge in [0.05, 0.1) is 7.11 Å². The van der Waals surface area contributed by atoms with Crippen LogP contribution in [0.5, 0.6) is 0 Å². The minimum Gasteiger partial charge on any atom is -0.468 e. The third kappa shape index (κ3) is 2.20. The molecule has 0 saturated heterocycles. The fraction of sp³-hybridized carbons (Fsp3) is 0.438. The highest BCUT2D eigenvalue weighted by atomic mass is 16.5. The van der Waals surface area contributed by atoms with E-state index in [-0.39, 0.29) is 11.4 Å². The first-order valence-corrected chi connectivity index (χ1v) is 6.73. The molecule has 4 heteroatoms. The van der Waals surface area contributed by atoms with Gasteiger partial charge in [0.15, 0.2) is 0 Å². The molecule has 1 aromatic carbocycles. The number of aryl methyl sites for hydroxylation is 1. The van der Waals surface area contributed by atoms with E-state index in [9.17, 15) is 4.79 Å².